The summed E-state index contributed by atoms with van der Waals surface area (Å²) in [6.07, 6.45) is -0.548. The van der Waals surface area contributed by atoms with Crippen molar-refractivity contribution in [3.63, 3.8) is 0 Å². The monoisotopic (exact) mass is 349 g/mol. The number of hydrogen-bond donors (Lipinski definition) is 0. The first-order valence-corrected chi connectivity index (χ1v) is 7.99. The van der Waals surface area contributed by atoms with Crippen LogP contribution in [0.3, 0.4) is 0 Å². The molecule has 6 heteroatoms. The summed E-state index contributed by atoms with van der Waals surface area (Å²) >= 11 is 12.7. The van der Waals surface area contributed by atoms with E-state index in [9.17, 15) is 4.79 Å². The van der Waals surface area contributed by atoms with E-state index < -0.39 is 6.10 Å². The molecular weight excluding hydrogens is 337 g/mol. The Morgan fingerprint density at radius 1 is 1.17 bits per heavy atom. The fourth-order valence-corrected chi connectivity index (χ4v) is 3.69. The standard InChI is InChI=1S/C17H13Cl2NO3/c1-22-11-5-3-10(4-6-11)20-15-14(19)12-8-9(18)2-7-13(12)23-16(15)17(20)21/h2-8,14-16H,1H3/t14-,15+,16-/m1/s1. The zero-order valence-corrected chi connectivity index (χ0v) is 13.7. The Labute approximate surface area is 143 Å². The zero-order valence-electron chi connectivity index (χ0n) is 12.2. The van der Waals surface area contributed by atoms with Gasteiger partial charge in [0.05, 0.1) is 12.5 Å². The van der Waals surface area contributed by atoms with Gasteiger partial charge < -0.3 is 9.47 Å². The molecule has 2 aliphatic heterocycles. The Hall–Kier alpha value is -1.91. The van der Waals surface area contributed by atoms with Crippen molar-refractivity contribution in [1.29, 1.82) is 0 Å². The highest BCUT2D eigenvalue weighted by Gasteiger charge is 2.56. The molecule has 0 bridgehead atoms. The molecule has 3 atom stereocenters. The Morgan fingerprint density at radius 3 is 2.61 bits per heavy atom. The third-order valence-corrected chi connectivity index (χ3v) is 4.99. The smallest absolute Gasteiger partial charge is 0.270 e. The fourth-order valence-electron chi connectivity index (χ4n) is 3.09. The van der Waals surface area contributed by atoms with Crippen molar-refractivity contribution in [2.75, 3.05) is 12.0 Å². The number of β-lactam (4-membered cyclic amide) rings is 1. The van der Waals surface area contributed by atoms with E-state index in [4.69, 9.17) is 32.7 Å². The molecule has 2 aromatic rings. The van der Waals surface area contributed by atoms with Crippen LogP contribution in [0, 0.1) is 0 Å². The second-order valence-corrected chi connectivity index (χ2v) is 6.43. The van der Waals surface area contributed by atoms with Crippen molar-refractivity contribution in [3.05, 3.63) is 53.1 Å². The van der Waals surface area contributed by atoms with Crippen LogP contribution < -0.4 is 14.4 Å². The van der Waals surface area contributed by atoms with Gasteiger partial charge in [0.15, 0.2) is 6.10 Å². The number of benzene rings is 2. The molecule has 1 fully saturated rings. The first-order chi connectivity index (χ1) is 11.1. The molecule has 0 aromatic heterocycles. The van der Waals surface area contributed by atoms with Crippen LogP contribution in [0.5, 0.6) is 11.5 Å². The summed E-state index contributed by atoms with van der Waals surface area (Å²) in [5, 5.41) is 0.223. The van der Waals surface area contributed by atoms with Crippen LogP contribution in [-0.2, 0) is 4.79 Å². The lowest BCUT2D eigenvalue weighted by atomic mass is 9.87. The molecule has 0 unspecified atom stereocenters. The van der Waals surface area contributed by atoms with Crippen LogP contribution in [0.15, 0.2) is 42.5 Å². The number of halogens is 2. The van der Waals surface area contributed by atoms with E-state index in [1.165, 1.54) is 0 Å². The minimum atomic E-state index is -0.548. The molecule has 2 aliphatic rings. The van der Waals surface area contributed by atoms with Crippen molar-refractivity contribution in [3.8, 4) is 11.5 Å². The van der Waals surface area contributed by atoms with Crippen LogP contribution in [0.4, 0.5) is 5.69 Å². The molecule has 1 amide bonds. The van der Waals surface area contributed by atoms with Crippen molar-refractivity contribution >= 4 is 34.8 Å². The van der Waals surface area contributed by atoms with Crippen LogP contribution in [0.25, 0.3) is 0 Å². The van der Waals surface area contributed by atoms with Crippen molar-refractivity contribution in [1.82, 2.24) is 0 Å². The number of nitrogens with zero attached hydrogens (tertiary/aromatic N) is 1. The summed E-state index contributed by atoms with van der Waals surface area (Å²) in [5.41, 5.74) is 1.59. The highest BCUT2D eigenvalue weighted by Crippen LogP contribution is 2.48. The van der Waals surface area contributed by atoms with Gasteiger partial charge >= 0.3 is 0 Å². The molecule has 0 aliphatic carbocycles. The highest BCUT2D eigenvalue weighted by molar-refractivity contribution is 6.31. The largest absolute Gasteiger partial charge is 0.497 e. The average molecular weight is 350 g/mol. The maximum Gasteiger partial charge on any atom is 0.270 e. The van der Waals surface area contributed by atoms with Gasteiger partial charge in [-0.3, -0.25) is 9.69 Å². The third kappa shape index (κ3) is 2.17. The summed E-state index contributed by atoms with van der Waals surface area (Å²) in [7, 11) is 1.60. The Morgan fingerprint density at radius 2 is 1.91 bits per heavy atom. The van der Waals surface area contributed by atoms with E-state index in [0.29, 0.717) is 10.8 Å². The van der Waals surface area contributed by atoms with E-state index in [1.807, 2.05) is 24.3 Å². The number of amides is 1. The molecule has 0 saturated carbocycles. The molecule has 118 valence electrons. The Bertz CT molecular complexity index is 778. The number of alkyl halides is 1. The second kappa shape index (κ2) is 5.32. The number of carbonyl (C=O) groups is 1. The van der Waals surface area contributed by atoms with Crippen molar-refractivity contribution in [2.24, 2.45) is 0 Å². The lowest BCUT2D eigenvalue weighted by Crippen LogP contribution is -2.70. The van der Waals surface area contributed by atoms with Gasteiger partial charge in [0.1, 0.15) is 17.5 Å². The fraction of sp³-hybridized carbons (Fsp3) is 0.235. The third-order valence-electron chi connectivity index (χ3n) is 4.26. The van der Waals surface area contributed by atoms with Gasteiger partial charge in [0.25, 0.3) is 5.91 Å². The van der Waals surface area contributed by atoms with E-state index in [1.54, 1.807) is 30.2 Å². The minimum Gasteiger partial charge on any atom is -0.497 e. The van der Waals surface area contributed by atoms with Crippen LogP contribution >= 0.6 is 23.2 Å². The van der Waals surface area contributed by atoms with E-state index in [-0.39, 0.29) is 17.3 Å². The number of methoxy groups -OCH3 is 1. The van der Waals surface area contributed by atoms with Crippen molar-refractivity contribution in [2.45, 2.75) is 17.5 Å². The number of hydrogen-bond acceptors (Lipinski definition) is 3. The Kier molecular flexibility index (Phi) is 3.39. The predicted molar refractivity (Wildman–Crippen MR) is 88.7 cm³/mol. The summed E-state index contributed by atoms with van der Waals surface area (Å²) < 4.78 is 11.0. The van der Waals surface area contributed by atoms with Gasteiger partial charge in [-0.05, 0) is 42.5 Å². The normalized spacial score (nSPS) is 25.1. The van der Waals surface area contributed by atoms with Gasteiger partial charge in [-0.1, -0.05) is 11.6 Å². The van der Waals surface area contributed by atoms with Crippen molar-refractivity contribution < 1.29 is 14.3 Å². The zero-order chi connectivity index (χ0) is 16.1. The quantitative estimate of drug-likeness (QED) is 0.611. The maximum absolute atomic E-state index is 12.5. The van der Waals surface area contributed by atoms with Crippen LogP contribution in [0.1, 0.15) is 10.9 Å². The van der Waals surface area contributed by atoms with Crippen LogP contribution in [-0.4, -0.2) is 25.2 Å². The molecule has 0 radical (unpaired) electrons. The molecule has 2 heterocycles. The molecule has 2 aromatic carbocycles. The number of rotatable bonds is 2. The summed E-state index contributed by atoms with van der Waals surface area (Å²) in [6, 6.07) is 12.3. The highest BCUT2D eigenvalue weighted by atomic mass is 35.5. The minimum absolute atomic E-state index is 0.0913. The van der Waals surface area contributed by atoms with Gasteiger partial charge in [-0.25, -0.2) is 0 Å². The van der Waals surface area contributed by atoms with E-state index in [0.717, 1.165) is 17.0 Å². The van der Waals surface area contributed by atoms with E-state index in [2.05, 4.69) is 0 Å². The second-order valence-electron chi connectivity index (χ2n) is 5.52. The average Bonchev–Trinajstić information content (AvgIpc) is 2.57. The number of carbonyl (C=O) groups excluding carboxylic acids is 1. The molecule has 0 spiro atoms. The maximum atomic E-state index is 12.5. The lowest BCUT2D eigenvalue weighted by molar-refractivity contribution is -0.135. The number of ether oxygens (including phenoxy) is 2. The molecule has 4 nitrogen and oxygen atoms in total. The summed E-state index contributed by atoms with van der Waals surface area (Å²) in [4.78, 5) is 14.1. The van der Waals surface area contributed by atoms with Gasteiger partial charge in [0, 0.05) is 16.3 Å². The first kappa shape index (κ1) is 14.7. The van der Waals surface area contributed by atoms with Crippen LogP contribution in [0.2, 0.25) is 5.02 Å². The summed E-state index contributed by atoms with van der Waals surface area (Å²) in [5.74, 6) is 1.27. The topological polar surface area (TPSA) is 38.8 Å². The predicted octanol–water partition coefficient (Wildman–Crippen LogP) is 3.80. The first-order valence-electron chi connectivity index (χ1n) is 7.17. The van der Waals surface area contributed by atoms with E-state index >= 15 is 0 Å². The SMILES string of the molecule is COc1ccc(N2C(=O)[C@@H]3Oc4ccc(Cl)cc4[C@@H](Cl)[C@@H]32)cc1. The molecule has 23 heavy (non-hydrogen) atoms. The number of anilines is 1. The van der Waals surface area contributed by atoms with Gasteiger partial charge in [0.2, 0.25) is 0 Å². The molecule has 0 N–H and O–H groups in total. The lowest BCUT2D eigenvalue weighted by Gasteiger charge is -2.51. The number of fused-ring (bicyclic) bond motifs is 2. The molecule has 4 rings (SSSR count). The molecule has 1 saturated heterocycles. The van der Waals surface area contributed by atoms with Gasteiger partial charge in [-0.15, -0.1) is 11.6 Å². The molecular formula is C17H13Cl2NO3. The summed E-state index contributed by atoms with van der Waals surface area (Å²) in [6.45, 7) is 0. The van der Waals surface area contributed by atoms with Gasteiger partial charge in [-0.2, -0.15) is 0 Å². The Balaban J connectivity index is 1.69.